The van der Waals surface area contributed by atoms with Crippen molar-refractivity contribution in [2.45, 2.75) is 62.8 Å². The van der Waals surface area contributed by atoms with Gasteiger partial charge in [-0.2, -0.15) is 13.2 Å². The van der Waals surface area contributed by atoms with Crippen LogP contribution in [0.25, 0.3) is 11.0 Å². The van der Waals surface area contributed by atoms with Gasteiger partial charge in [-0.3, -0.25) is 9.78 Å². The van der Waals surface area contributed by atoms with Crippen LogP contribution in [0.1, 0.15) is 55.6 Å². The van der Waals surface area contributed by atoms with Crippen LogP contribution in [-0.2, 0) is 5.54 Å². The molecule has 3 atom stereocenters. The predicted octanol–water partition coefficient (Wildman–Crippen LogP) is 5.41. The average molecular weight is 501 g/mol. The number of carbonyl (C=O) groups excluding carboxylic acids is 1. The molecule has 0 saturated heterocycles. The molecule has 2 aliphatic carbocycles. The second kappa shape index (κ2) is 8.80. The Morgan fingerprint density at radius 3 is 2.67 bits per heavy atom. The highest BCUT2D eigenvalue weighted by Crippen LogP contribution is 2.54. The quantitative estimate of drug-likeness (QED) is 0.455. The van der Waals surface area contributed by atoms with E-state index in [2.05, 4.69) is 29.1 Å². The van der Waals surface area contributed by atoms with Crippen molar-refractivity contribution in [3.8, 4) is 5.75 Å². The van der Waals surface area contributed by atoms with Crippen molar-refractivity contribution >= 4 is 16.9 Å². The highest BCUT2D eigenvalue weighted by molar-refractivity contribution is 5.97. The molecule has 1 amide bonds. The lowest BCUT2D eigenvalue weighted by Gasteiger charge is -2.58. The molecule has 2 heterocycles. The van der Waals surface area contributed by atoms with Gasteiger partial charge in [-0.1, -0.05) is 18.6 Å². The molecule has 0 aliphatic heterocycles. The fourth-order valence-electron chi connectivity index (χ4n) is 6.26. The summed E-state index contributed by atoms with van der Waals surface area (Å²) in [7, 11) is 1.62. The summed E-state index contributed by atoms with van der Waals surface area (Å²) in [6.45, 7) is 2.90. The zero-order chi connectivity index (χ0) is 25.7. The van der Waals surface area contributed by atoms with Crippen LogP contribution in [0, 0.1) is 5.92 Å². The van der Waals surface area contributed by atoms with Gasteiger partial charge in [0, 0.05) is 23.3 Å². The smallest absolute Gasteiger partial charge is 0.406 e. The minimum Gasteiger partial charge on any atom is -0.497 e. The fraction of sp³-hybridized carbons (Fsp3) is 0.481. The van der Waals surface area contributed by atoms with E-state index in [0.29, 0.717) is 17.5 Å². The van der Waals surface area contributed by atoms with Crippen LogP contribution < -0.4 is 10.1 Å². The van der Waals surface area contributed by atoms with Gasteiger partial charge >= 0.3 is 6.18 Å². The van der Waals surface area contributed by atoms with Gasteiger partial charge in [0.1, 0.15) is 18.0 Å². The number of rotatable bonds is 7. The van der Waals surface area contributed by atoms with Crippen LogP contribution in [-0.4, -0.2) is 52.2 Å². The van der Waals surface area contributed by atoms with Crippen molar-refractivity contribution < 1.29 is 22.7 Å². The number of H-pyrrole nitrogens is 1. The van der Waals surface area contributed by atoms with Crippen molar-refractivity contribution in [1.82, 2.24) is 20.2 Å². The minimum atomic E-state index is -4.49. The fourth-order valence-corrected chi connectivity index (χ4v) is 6.26. The first-order valence-corrected chi connectivity index (χ1v) is 12.3. The van der Waals surface area contributed by atoms with E-state index in [-0.39, 0.29) is 17.2 Å². The number of methoxy groups -OCH3 is 1. The van der Waals surface area contributed by atoms with Crippen LogP contribution in [0.4, 0.5) is 13.2 Å². The minimum absolute atomic E-state index is 0.0520. The number of ether oxygens (including phenoxy) is 1. The summed E-state index contributed by atoms with van der Waals surface area (Å²) < 4.78 is 46.2. The van der Waals surface area contributed by atoms with E-state index < -0.39 is 30.2 Å². The van der Waals surface area contributed by atoms with Crippen molar-refractivity contribution in [3.05, 3.63) is 59.9 Å². The number of pyridine rings is 1. The van der Waals surface area contributed by atoms with Crippen LogP contribution in [0.5, 0.6) is 5.75 Å². The Labute approximate surface area is 208 Å². The number of hydrogen-bond donors (Lipinski definition) is 2. The van der Waals surface area contributed by atoms with Crippen LogP contribution >= 0.6 is 0 Å². The molecule has 2 aliphatic rings. The number of alkyl halides is 3. The van der Waals surface area contributed by atoms with Gasteiger partial charge < -0.3 is 19.9 Å². The third-order valence-electron chi connectivity index (χ3n) is 7.89. The summed E-state index contributed by atoms with van der Waals surface area (Å²) in [4.78, 5) is 21.6. The van der Waals surface area contributed by atoms with Gasteiger partial charge in [0.15, 0.2) is 0 Å². The molecule has 192 valence electrons. The van der Waals surface area contributed by atoms with Gasteiger partial charge in [0.25, 0.3) is 5.91 Å². The van der Waals surface area contributed by atoms with Crippen LogP contribution in [0.15, 0.2) is 48.7 Å². The number of aromatic amines is 1. The summed E-state index contributed by atoms with van der Waals surface area (Å²) in [5.41, 5.74) is 1.68. The Kier molecular flexibility index (Phi) is 6.01. The number of halogens is 3. The molecule has 6 nitrogen and oxygen atoms in total. The van der Waals surface area contributed by atoms with Gasteiger partial charge in [-0.15, -0.1) is 0 Å². The number of benzene rings is 1. The van der Waals surface area contributed by atoms with E-state index in [9.17, 15) is 18.0 Å². The molecule has 2 fully saturated rings. The summed E-state index contributed by atoms with van der Waals surface area (Å²) in [6.07, 6.45) is 0.151. The van der Waals surface area contributed by atoms with Crippen LogP contribution in [0.3, 0.4) is 0 Å². The molecule has 5 rings (SSSR count). The van der Waals surface area contributed by atoms with Crippen molar-refractivity contribution in [1.29, 1.82) is 0 Å². The highest BCUT2D eigenvalue weighted by Gasteiger charge is 2.60. The maximum Gasteiger partial charge on any atom is 0.406 e. The molecular formula is C27H31F3N4O2. The molecule has 2 aromatic heterocycles. The molecule has 0 spiro atoms. The monoisotopic (exact) mass is 500 g/mol. The molecular weight excluding hydrogens is 469 g/mol. The van der Waals surface area contributed by atoms with E-state index in [0.717, 1.165) is 35.5 Å². The Hall–Kier alpha value is -3.07. The molecule has 1 aromatic carbocycles. The maximum atomic E-state index is 13.7. The lowest BCUT2D eigenvalue weighted by molar-refractivity contribution is -0.156. The standard InChI is InChI=1S/C27H31F3N4O2/c1-25(2,17-8-10-18(36-3)11-9-17)33-26-12-4-6-19(26)23(15-26)34(16-27(28,29)30)24(35)22-14-21-20(32-22)7-5-13-31-21/h5,7-11,13-14,19,23,32-33H,4,6,12,15-16H2,1-3H3/t19-,23-,26+/m1/s1. The van der Waals surface area contributed by atoms with Crippen LogP contribution in [0.2, 0.25) is 0 Å². The van der Waals surface area contributed by atoms with Gasteiger partial charge in [0.05, 0.1) is 18.1 Å². The average Bonchev–Trinajstić information content (AvgIpc) is 3.39. The third kappa shape index (κ3) is 4.45. The van der Waals surface area contributed by atoms with Crippen molar-refractivity contribution in [3.63, 3.8) is 0 Å². The summed E-state index contributed by atoms with van der Waals surface area (Å²) in [6, 6.07) is 12.3. The first-order valence-electron chi connectivity index (χ1n) is 12.3. The predicted molar refractivity (Wildman–Crippen MR) is 131 cm³/mol. The van der Waals surface area contributed by atoms with Gasteiger partial charge in [-0.25, -0.2) is 0 Å². The van der Waals surface area contributed by atoms with E-state index in [4.69, 9.17) is 4.74 Å². The van der Waals surface area contributed by atoms with E-state index >= 15 is 0 Å². The maximum absolute atomic E-state index is 13.7. The summed E-state index contributed by atoms with van der Waals surface area (Å²) in [5.74, 6) is 0.0812. The molecule has 3 aromatic rings. The largest absolute Gasteiger partial charge is 0.497 e. The first-order chi connectivity index (χ1) is 17.0. The molecule has 0 unspecified atom stereocenters. The SMILES string of the molecule is COc1ccc(C(C)(C)N[C@]23CCC[C@@H]2[C@H](N(CC(F)(F)F)C(=O)c2cc4ncccc4[nH]2)C3)cc1. The number of nitrogens with one attached hydrogen (secondary N) is 2. The zero-order valence-corrected chi connectivity index (χ0v) is 20.7. The molecule has 36 heavy (non-hydrogen) atoms. The molecule has 0 bridgehead atoms. The van der Waals surface area contributed by atoms with E-state index in [1.165, 1.54) is 6.07 Å². The Balaban J connectivity index is 1.39. The lowest BCUT2D eigenvalue weighted by atomic mass is 9.63. The van der Waals surface area contributed by atoms with E-state index in [1.807, 2.05) is 24.3 Å². The molecule has 0 radical (unpaired) electrons. The normalized spacial score (nSPS) is 23.8. The number of carbonyl (C=O) groups is 1. The Bertz CT molecular complexity index is 1220. The number of aromatic nitrogens is 2. The van der Waals surface area contributed by atoms with Crippen molar-refractivity contribution in [2.24, 2.45) is 5.92 Å². The van der Waals surface area contributed by atoms with Crippen molar-refractivity contribution in [2.75, 3.05) is 13.7 Å². The number of fused-ring (bicyclic) bond motifs is 2. The Morgan fingerprint density at radius 1 is 1.25 bits per heavy atom. The second-order valence-electron chi connectivity index (χ2n) is 10.6. The lowest BCUT2D eigenvalue weighted by Crippen LogP contribution is -2.71. The molecule has 2 saturated carbocycles. The summed E-state index contributed by atoms with van der Waals surface area (Å²) in [5, 5.41) is 3.79. The third-order valence-corrected chi connectivity index (χ3v) is 7.89. The highest BCUT2D eigenvalue weighted by atomic mass is 19.4. The second-order valence-corrected chi connectivity index (χ2v) is 10.6. The zero-order valence-electron chi connectivity index (χ0n) is 20.7. The first kappa shape index (κ1) is 24.6. The topological polar surface area (TPSA) is 70.2 Å². The van der Waals surface area contributed by atoms with Gasteiger partial charge in [-0.05, 0) is 74.9 Å². The molecule has 2 N–H and O–H groups in total. The number of amides is 1. The summed E-state index contributed by atoms with van der Waals surface area (Å²) >= 11 is 0. The molecule has 9 heteroatoms. The number of hydrogen-bond acceptors (Lipinski definition) is 4. The van der Waals surface area contributed by atoms with E-state index in [1.54, 1.807) is 25.4 Å². The Morgan fingerprint density at radius 2 is 2.00 bits per heavy atom. The van der Waals surface area contributed by atoms with Gasteiger partial charge in [0.2, 0.25) is 0 Å². The number of nitrogens with zero attached hydrogens (tertiary/aromatic N) is 2.